The number of nitrogens with one attached hydrogen (secondary N) is 2. The molecule has 1 aliphatic rings. The maximum atomic E-state index is 13.0. The van der Waals surface area contributed by atoms with Crippen molar-refractivity contribution in [2.75, 3.05) is 18.4 Å². The van der Waals surface area contributed by atoms with Crippen LogP contribution in [0.3, 0.4) is 0 Å². The van der Waals surface area contributed by atoms with Crippen molar-refractivity contribution >= 4 is 40.0 Å². The predicted octanol–water partition coefficient (Wildman–Crippen LogP) is 5.36. The van der Waals surface area contributed by atoms with Gasteiger partial charge in [0.05, 0.1) is 22.3 Å². The molecule has 4 heterocycles. The Morgan fingerprint density at radius 1 is 1.25 bits per heavy atom. The van der Waals surface area contributed by atoms with Crippen molar-refractivity contribution in [1.29, 1.82) is 0 Å². The number of benzene rings is 1. The second kappa shape index (κ2) is 10.3. The Balaban J connectivity index is 1.32. The first-order valence-corrected chi connectivity index (χ1v) is 11.9. The lowest BCUT2D eigenvalue weighted by atomic mass is 9.89. The molecule has 1 fully saturated rings. The molecule has 8 nitrogen and oxygen atoms in total. The van der Waals surface area contributed by atoms with Crippen LogP contribution in [0.2, 0.25) is 5.02 Å². The van der Waals surface area contributed by atoms with Crippen molar-refractivity contribution < 1.29 is 13.9 Å². The van der Waals surface area contributed by atoms with E-state index in [1.807, 2.05) is 17.2 Å². The average Bonchev–Trinajstić information content (AvgIpc) is 3.34. The second-order valence-electron chi connectivity index (χ2n) is 8.52. The maximum absolute atomic E-state index is 13.0. The summed E-state index contributed by atoms with van der Waals surface area (Å²) in [6, 6.07) is 8.27. The normalized spacial score (nSPS) is 14.1. The van der Waals surface area contributed by atoms with Crippen LogP contribution in [0.1, 0.15) is 30.0 Å². The molecule has 1 saturated heterocycles. The van der Waals surface area contributed by atoms with Crippen molar-refractivity contribution in [2.45, 2.75) is 25.4 Å². The van der Waals surface area contributed by atoms with Crippen LogP contribution in [0.4, 0.5) is 15.9 Å². The van der Waals surface area contributed by atoms with Crippen LogP contribution >= 0.6 is 11.6 Å². The molecule has 4 aromatic rings. The summed E-state index contributed by atoms with van der Waals surface area (Å²) in [4.78, 5) is 29.9. The van der Waals surface area contributed by atoms with Gasteiger partial charge >= 0.3 is 0 Å². The highest BCUT2D eigenvalue weighted by Gasteiger charge is 2.26. The zero-order valence-electron chi connectivity index (χ0n) is 19.4. The summed E-state index contributed by atoms with van der Waals surface area (Å²) in [7, 11) is 0. The third-order valence-corrected chi connectivity index (χ3v) is 6.58. The van der Waals surface area contributed by atoms with Crippen LogP contribution in [0.5, 0.6) is 5.75 Å². The number of H-pyrrole nitrogens is 1. The quantitative estimate of drug-likeness (QED) is 0.328. The Hall–Kier alpha value is -3.98. The van der Waals surface area contributed by atoms with Gasteiger partial charge in [-0.1, -0.05) is 18.2 Å². The number of amides is 1. The number of rotatable bonds is 7. The molecule has 184 valence electrons. The van der Waals surface area contributed by atoms with Gasteiger partial charge in [0.15, 0.2) is 0 Å². The number of anilines is 2. The number of aromatic amines is 1. The van der Waals surface area contributed by atoms with Gasteiger partial charge in [0.1, 0.15) is 36.0 Å². The van der Waals surface area contributed by atoms with Crippen LogP contribution in [0, 0.1) is 5.82 Å². The molecule has 0 spiro atoms. The number of halogens is 2. The molecule has 1 aromatic carbocycles. The summed E-state index contributed by atoms with van der Waals surface area (Å²) in [5, 5.41) is 4.69. The summed E-state index contributed by atoms with van der Waals surface area (Å²) < 4.78 is 18.8. The molecule has 0 saturated carbocycles. The van der Waals surface area contributed by atoms with Crippen LogP contribution in [0.15, 0.2) is 61.7 Å². The van der Waals surface area contributed by atoms with Crippen LogP contribution in [-0.4, -0.2) is 43.8 Å². The Bertz CT molecular complexity index is 1400. The van der Waals surface area contributed by atoms with E-state index in [0.29, 0.717) is 35.4 Å². The minimum absolute atomic E-state index is 0.0312. The second-order valence-corrected chi connectivity index (χ2v) is 8.93. The largest absolute Gasteiger partial charge is 0.486 e. The van der Waals surface area contributed by atoms with Crippen molar-refractivity contribution in [2.24, 2.45) is 0 Å². The summed E-state index contributed by atoms with van der Waals surface area (Å²) in [6.45, 7) is 5.12. The third-order valence-electron chi connectivity index (χ3n) is 6.28. The van der Waals surface area contributed by atoms with E-state index in [0.717, 1.165) is 41.3 Å². The monoisotopic (exact) mass is 506 g/mol. The Labute approximate surface area is 212 Å². The summed E-state index contributed by atoms with van der Waals surface area (Å²) in [5.74, 6) is 1.00. The number of nitrogens with zero attached hydrogens (tertiary/aromatic N) is 4. The lowest BCUT2D eigenvalue weighted by Crippen LogP contribution is -2.36. The van der Waals surface area contributed by atoms with Gasteiger partial charge in [-0.05, 0) is 60.7 Å². The van der Waals surface area contributed by atoms with Crippen molar-refractivity contribution in [3.63, 3.8) is 0 Å². The molecule has 3 aromatic heterocycles. The van der Waals surface area contributed by atoms with E-state index in [1.54, 1.807) is 18.2 Å². The lowest BCUT2D eigenvalue weighted by molar-refractivity contribution is -0.127. The number of likely N-dealkylation sites (tertiary alicyclic amines) is 1. The smallest absolute Gasteiger partial charge is 0.245 e. The average molecular weight is 507 g/mol. The van der Waals surface area contributed by atoms with Gasteiger partial charge in [0, 0.05) is 25.0 Å². The highest BCUT2D eigenvalue weighted by molar-refractivity contribution is 6.32. The lowest BCUT2D eigenvalue weighted by Gasteiger charge is -2.31. The van der Waals surface area contributed by atoms with E-state index < -0.39 is 5.82 Å². The molecule has 10 heteroatoms. The summed E-state index contributed by atoms with van der Waals surface area (Å²) in [5.41, 5.74) is 3.20. The number of pyridine rings is 1. The number of ether oxygens (including phenoxy) is 1. The van der Waals surface area contributed by atoms with Gasteiger partial charge in [-0.15, -0.1) is 0 Å². The highest BCUT2D eigenvalue weighted by Crippen LogP contribution is 2.37. The topological polar surface area (TPSA) is 96.0 Å². The highest BCUT2D eigenvalue weighted by atomic mass is 35.5. The molecule has 0 radical (unpaired) electrons. The minimum Gasteiger partial charge on any atom is -0.486 e. The fraction of sp³-hybridized carbons (Fsp3) is 0.231. The molecule has 1 aliphatic heterocycles. The molecule has 0 bridgehead atoms. The minimum atomic E-state index is -0.398. The van der Waals surface area contributed by atoms with E-state index >= 15 is 0 Å². The predicted molar refractivity (Wildman–Crippen MR) is 136 cm³/mol. The number of fused-ring (bicyclic) bond motifs is 1. The molecule has 36 heavy (non-hydrogen) atoms. The SMILES string of the molecule is C=CC(=O)N1CCC(c2c[nH]c3ncnc(Nc4ccc(OCc5ccc(F)cn5)c(Cl)c4)c23)CC1. The Morgan fingerprint density at radius 2 is 2.08 bits per heavy atom. The van der Waals surface area contributed by atoms with Gasteiger partial charge < -0.3 is 19.9 Å². The van der Waals surface area contributed by atoms with E-state index in [1.165, 1.54) is 18.5 Å². The maximum Gasteiger partial charge on any atom is 0.245 e. The standard InChI is InChI=1S/C26H24ClFN6O2/c1-2-23(35)34-9-7-16(8-10-34)20-13-30-25-24(20)26(32-15-31-25)33-18-5-6-22(21(27)11-18)36-14-19-4-3-17(28)12-29-19/h2-6,11-13,15-16H,1,7-10,14H2,(H2,30,31,32,33). The molecular formula is C26H24ClFN6O2. The summed E-state index contributed by atoms with van der Waals surface area (Å²) in [6.07, 6.45) is 7.69. The molecule has 0 unspecified atom stereocenters. The van der Waals surface area contributed by atoms with Crippen LogP contribution in [0.25, 0.3) is 11.0 Å². The van der Waals surface area contributed by atoms with Gasteiger partial charge in [0.2, 0.25) is 5.91 Å². The van der Waals surface area contributed by atoms with Crippen LogP contribution in [-0.2, 0) is 11.4 Å². The fourth-order valence-corrected chi connectivity index (χ4v) is 4.65. The van der Waals surface area contributed by atoms with Crippen molar-refractivity contribution in [3.05, 3.63) is 83.8 Å². The Kier molecular flexibility index (Phi) is 6.81. The zero-order chi connectivity index (χ0) is 25.1. The molecule has 0 aliphatic carbocycles. The van der Waals surface area contributed by atoms with E-state index in [2.05, 4.69) is 31.8 Å². The van der Waals surface area contributed by atoms with Crippen molar-refractivity contribution in [1.82, 2.24) is 24.8 Å². The number of hydrogen-bond donors (Lipinski definition) is 2. The molecular weight excluding hydrogens is 483 g/mol. The number of piperidine rings is 1. The Morgan fingerprint density at radius 3 is 2.81 bits per heavy atom. The van der Waals surface area contributed by atoms with E-state index in [9.17, 15) is 9.18 Å². The van der Waals surface area contributed by atoms with Gasteiger partial charge in [-0.3, -0.25) is 9.78 Å². The molecule has 2 N–H and O–H groups in total. The molecule has 1 amide bonds. The number of hydrogen-bond acceptors (Lipinski definition) is 6. The van der Waals surface area contributed by atoms with Gasteiger partial charge in [-0.25, -0.2) is 14.4 Å². The van der Waals surface area contributed by atoms with Crippen LogP contribution < -0.4 is 10.1 Å². The molecule has 5 rings (SSSR count). The number of carbonyl (C=O) groups is 1. The number of aromatic nitrogens is 4. The first-order chi connectivity index (χ1) is 17.5. The zero-order valence-corrected chi connectivity index (χ0v) is 20.1. The fourth-order valence-electron chi connectivity index (χ4n) is 4.42. The third kappa shape index (κ3) is 5.01. The number of carbonyl (C=O) groups excluding carboxylic acids is 1. The first kappa shape index (κ1) is 23.7. The van der Waals surface area contributed by atoms with Crippen molar-refractivity contribution in [3.8, 4) is 5.75 Å². The van der Waals surface area contributed by atoms with Gasteiger partial charge in [0.25, 0.3) is 0 Å². The van der Waals surface area contributed by atoms with E-state index in [-0.39, 0.29) is 18.4 Å². The first-order valence-electron chi connectivity index (χ1n) is 11.5. The van der Waals surface area contributed by atoms with E-state index in [4.69, 9.17) is 16.3 Å². The summed E-state index contributed by atoms with van der Waals surface area (Å²) >= 11 is 6.46. The van der Waals surface area contributed by atoms with Gasteiger partial charge in [-0.2, -0.15) is 0 Å². The molecule has 0 atom stereocenters.